The van der Waals surface area contributed by atoms with Crippen LogP contribution in [0.15, 0.2) is 36.5 Å². The lowest BCUT2D eigenvalue weighted by molar-refractivity contribution is 0.0763. The Labute approximate surface area is 145 Å². The lowest BCUT2D eigenvalue weighted by Crippen LogP contribution is -2.32. The van der Waals surface area contributed by atoms with Gasteiger partial charge in [0.15, 0.2) is 0 Å². The summed E-state index contributed by atoms with van der Waals surface area (Å²) in [7, 11) is 0. The third-order valence-corrected chi connectivity index (χ3v) is 4.40. The molecular weight excluding hydrogens is 318 g/mol. The van der Waals surface area contributed by atoms with E-state index in [1.165, 1.54) is 0 Å². The normalized spacial score (nSPS) is 17.2. The lowest BCUT2D eigenvalue weighted by Gasteiger charge is -2.17. The van der Waals surface area contributed by atoms with Crippen LogP contribution in [0, 0.1) is 13.8 Å². The van der Waals surface area contributed by atoms with E-state index in [0.717, 1.165) is 23.5 Å². The SMILES string of the molecule is Cc1ccc(O[C@@H]2CCN(C(=O)c3c(C)nc4ccccn34)C2)nn1. The largest absolute Gasteiger partial charge is 0.471 e. The zero-order valence-electron chi connectivity index (χ0n) is 14.2. The molecule has 0 saturated carbocycles. The van der Waals surface area contributed by atoms with E-state index in [4.69, 9.17) is 4.74 Å². The highest BCUT2D eigenvalue weighted by atomic mass is 16.5. The molecule has 4 rings (SSSR count). The van der Waals surface area contributed by atoms with Crippen molar-refractivity contribution in [3.05, 3.63) is 53.6 Å². The quantitative estimate of drug-likeness (QED) is 0.731. The van der Waals surface area contributed by atoms with E-state index in [0.29, 0.717) is 24.7 Å². The van der Waals surface area contributed by atoms with E-state index in [1.807, 2.05) is 53.6 Å². The van der Waals surface area contributed by atoms with Crippen molar-refractivity contribution in [2.75, 3.05) is 13.1 Å². The second kappa shape index (κ2) is 6.16. The molecule has 0 N–H and O–H groups in total. The fourth-order valence-corrected chi connectivity index (χ4v) is 3.15. The molecule has 0 bridgehead atoms. The first-order chi connectivity index (χ1) is 12.1. The predicted molar refractivity (Wildman–Crippen MR) is 91.6 cm³/mol. The molecule has 1 saturated heterocycles. The number of likely N-dealkylation sites (tertiary alicyclic amines) is 1. The monoisotopic (exact) mass is 337 g/mol. The average Bonchev–Trinajstić information content (AvgIpc) is 3.20. The Hall–Kier alpha value is -2.96. The minimum absolute atomic E-state index is 0.0164. The molecule has 1 amide bonds. The standard InChI is InChI=1S/C18H19N5O2/c1-12-6-7-16(21-20-12)25-14-8-10-22(11-14)18(24)17-13(2)19-15-5-3-4-9-23(15)17/h3-7,9,14H,8,10-11H2,1-2H3/t14-/m1/s1. The minimum Gasteiger partial charge on any atom is -0.471 e. The molecular formula is C18H19N5O2. The summed E-state index contributed by atoms with van der Waals surface area (Å²) in [5, 5.41) is 8.02. The molecule has 7 nitrogen and oxygen atoms in total. The Bertz CT molecular complexity index is 919. The van der Waals surface area contributed by atoms with Crippen molar-refractivity contribution in [3.8, 4) is 5.88 Å². The second-order valence-corrected chi connectivity index (χ2v) is 6.27. The number of pyridine rings is 1. The summed E-state index contributed by atoms with van der Waals surface area (Å²) >= 11 is 0. The van der Waals surface area contributed by atoms with Crippen LogP contribution in [-0.2, 0) is 0 Å². The Morgan fingerprint density at radius 3 is 2.88 bits per heavy atom. The van der Waals surface area contributed by atoms with Crippen LogP contribution in [0.3, 0.4) is 0 Å². The van der Waals surface area contributed by atoms with Gasteiger partial charge in [-0.15, -0.1) is 5.10 Å². The van der Waals surface area contributed by atoms with Crippen molar-refractivity contribution in [3.63, 3.8) is 0 Å². The Kier molecular flexibility index (Phi) is 3.83. The highest BCUT2D eigenvalue weighted by Gasteiger charge is 2.31. The van der Waals surface area contributed by atoms with Crippen LogP contribution >= 0.6 is 0 Å². The number of carbonyl (C=O) groups is 1. The Morgan fingerprint density at radius 2 is 2.08 bits per heavy atom. The maximum absolute atomic E-state index is 13.0. The number of carbonyl (C=O) groups excluding carboxylic acids is 1. The van der Waals surface area contributed by atoms with Crippen LogP contribution in [0.25, 0.3) is 5.65 Å². The molecule has 0 aromatic carbocycles. The lowest BCUT2D eigenvalue weighted by atomic mass is 10.3. The van der Waals surface area contributed by atoms with Gasteiger partial charge in [-0.2, -0.15) is 5.10 Å². The summed E-state index contributed by atoms with van der Waals surface area (Å²) in [5.41, 5.74) is 2.99. The van der Waals surface area contributed by atoms with E-state index in [-0.39, 0.29) is 12.0 Å². The molecule has 1 fully saturated rings. The first-order valence-electron chi connectivity index (χ1n) is 8.32. The summed E-state index contributed by atoms with van der Waals surface area (Å²) in [6.45, 7) is 4.94. The number of imidazole rings is 1. The van der Waals surface area contributed by atoms with Gasteiger partial charge in [-0.25, -0.2) is 4.98 Å². The molecule has 7 heteroatoms. The van der Waals surface area contributed by atoms with Crippen molar-refractivity contribution in [1.29, 1.82) is 0 Å². The molecule has 3 aromatic heterocycles. The van der Waals surface area contributed by atoms with E-state index in [2.05, 4.69) is 15.2 Å². The number of fused-ring (bicyclic) bond motifs is 1. The summed E-state index contributed by atoms with van der Waals surface area (Å²) in [4.78, 5) is 19.2. The van der Waals surface area contributed by atoms with Crippen LogP contribution in [0.1, 0.15) is 28.3 Å². The first-order valence-corrected chi connectivity index (χ1v) is 8.32. The fourth-order valence-electron chi connectivity index (χ4n) is 3.15. The zero-order chi connectivity index (χ0) is 17.4. The van der Waals surface area contributed by atoms with Gasteiger partial charge in [0.25, 0.3) is 5.91 Å². The molecule has 0 aliphatic carbocycles. The Balaban J connectivity index is 1.50. The number of nitrogens with zero attached hydrogens (tertiary/aromatic N) is 5. The maximum atomic E-state index is 13.0. The van der Waals surface area contributed by atoms with Gasteiger partial charge < -0.3 is 9.64 Å². The van der Waals surface area contributed by atoms with E-state index < -0.39 is 0 Å². The maximum Gasteiger partial charge on any atom is 0.272 e. The molecule has 4 heterocycles. The van der Waals surface area contributed by atoms with Crippen molar-refractivity contribution >= 4 is 11.6 Å². The highest BCUT2D eigenvalue weighted by Crippen LogP contribution is 2.20. The first kappa shape index (κ1) is 15.6. The highest BCUT2D eigenvalue weighted by molar-refractivity contribution is 5.94. The number of amides is 1. The molecule has 1 aliphatic heterocycles. The third kappa shape index (κ3) is 2.93. The van der Waals surface area contributed by atoms with E-state index in [9.17, 15) is 4.79 Å². The van der Waals surface area contributed by atoms with Crippen molar-refractivity contribution in [2.24, 2.45) is 0 Å². The molecule has 1 aliphatic rings. The summed E-state index contributed by atoms with van der Waals surface area (Å²) in [6.07, 6.45) is 2.58. The number of ether oxygens (including phenoxy) is 1. The zero-order valence-corrected chi connectivity index (χ0v) is 14.2. The Morgan fingerprint density at radius 1 is 1.20 bits per heavy atom. The average molecular weight is 337 g/mol. The van der Waals surface area contributed by atoms with Crippen molar-refractivity contribution < 1.29 is 9.53 Å². The molecule has 3 aromatic rings. The number of hydrogen-bond acceptors (Lipinski definition) is 5. The smallest absolute Gasteiger partial charge is 0.272 e. The van der Waals surface area contributed by atoms with Crippen LogP contribution in [-0.4, -0.2) is 49.6 Å². The van der Waals surface area contributed by atoms with Gasteiger partial charge in [0, 0.05) is 25.2 Å². The van der Waals surface area contributed by atoms with Crippen molar-refractivity contribution in [1.82, 2.24) is 24.5 Å². The minimum atomic E-state index is -0.0690. The molecule has 128 valence electrons. The molecule has 1 atom stereocenters. The summed E-state index contributed by atoms with van der Waals surface area (Å²) in [5.74, 6) is 0.480. The number of hydrogen-bond donors (Lipinski definition) is 0. The summed E-state index contributed by atoms with van der Waals surface area (Å²) in [6, 6.07) is 9.38. The van der Waals surface area contributed by atoms with Gasteiger partial charge in [0.1, 0.15) is 17.4 Å². The molecule has 25 heavy (non-hydrogen) atoms. The number of rotatable bonds is 3. The van der Waals surface area contributed by atoms with E-state index in [1.54, 1.807) is 6.07 Å². The molecule has 0 spiro atoms. The number of aromatic nitrogens is 4. The van der Waals surface area contributed by atoms with Gasteiger partial charge in [0.05, 0.1) is 17.9 Å². The van der Waals surface area contributed by atoms with Crippen molar-refractivity contribution in [2.45, 2.75) is 26.4 Å². The third-order valence-electron chi connectivity index (χ3n) is 4.40. The fraction of sp³-hybridized carbons (Fsp3) is 0.333. The van der Waals surface area contributed by atoms with Gasteiger partial charge in [0.2, 0.25) is 5.88 Å². The summed E-state index contributed by atoms with van der Waals surface area (Å²) < 4.78 is 7.70. The van der Waals surface area contributed by atoms with E-state index >= 15 is 0 Å². The predicted octanol–water partition coefficient (Wildman–Crippen LogP) is 2.03. The van der Waals surface area contributed by atoms with Gasteiger partial charge >= 0.3 is 0 Å². The van der Waals surface area contributed by atoms with Crippen LogP contribution < -0.4 is 4.74 Å². The van der Waals surface area contributed by atoms with Crippen LogP contribution in [0.2, 0.25) is 0 Å². The second-order valence-electron chi connectivity index (χ2n) is 6.27. The topological polar surface area (TPSA) is 72.6 Å². The van der Waals surface area contributed by atoms with Crippen LogP contribution in [0.4, 0.5) is 0 Å². The van der Waals surface area contributed by atoms with Gasteiger partial charge in [-0.05, 0) is 32.0 Å². The van der Waals surface area contributed by atoms with Gasteiger partial charge in [-0.3, -0.25) is 9.20 Å². The number of aryl methyl sites for hydroxylation is 2. The van der Waals surface area contributed by atoms with Crippen LogP contribution in [0.5, 0.6) is 5.88 Å². The molecule has 0 radical (unpaired) electrons. The molecule has 0 unspecified atom stereocenters. The van der Waals surface area contributed by atoms with Gasteiger partial charge in [-0.1, -0.05) is 6.07 Å².